The number of urea groups is 2. The Bertz CT molecular complexity index is 1260. The fraction of sp³-hybridized carbons (Fsp3) is 0.444. The second kappa shape index (κ2) is 10.8. The molecule has 2 unspecified atom stereocenters. The first-order chi connectivity index (χ1) is 18.2. The first-order valence-electron chi connectivity index (χ1n) is 13.0. The molecule has 0 saturated carbocycles. The summed E-state index contributed by atoms with van der Waals surface area (Å²) in [5.74, 6) is 7.69. The highest BCUT2D eigenvalue weighted by Crippen LogP contribution is 2.33. The van der Waals surface area contributed by atoms with E-state index in [0.29, 0.717) is 11.4 Å². The molecule has 2 aliphatic carbocycles. The van der Waals surface area contributed by atoms with E-state index in [1.54, 1.807) is 19.1 Å². The van der Waals surface area contributed by atoms with Gasteiger partial charge in [0, 0.05) is 35.5 Å². The minimum atomic E-state index is -0.926. The van der Waals surface area contributed by atoms with Gasteiger partial charge >= 0.3 is 12.1 Å². The molecule has 2 aromatic rings. The summed E-state index contributed by atoms with van der Waals surface area (Å²) < 4.78 is 6.16. The Hall–Kier alpha value is -3.34. The van der Waals surface area contributed by atoms with Crippen molar-refractivity contribution < 1.29 is 18.8 Å². The lowest BCUT2D eigenvalue weighted by Gasteiger charge is -2.47. The molecule has 1 saturated heterocycles. The number of amides is 5. The zero-order valence-electron chi connectivity index (χ0n) is 21.4. The molecule has 11 heteroatoms. The average Bonchev–Trinajstić information content (AvgIpc) is 3.05. The van der Waals surface area contributed by atoms with E-state index in [9.17, 15) is 14.4 Å². The summed E-state index contributed by atoms with van der Waals surface area (Å²) in [6, 6.07) is 4.90. The number of carbonyl (C=O) groups is 3. The monoisotopic (exact) mass is 540 g/mol. The normalized spacial score (nSPS) is 22.2. The van der Waals surface area contributed by atoms with Crippen LogP contribution in [0, 0.1) is 0 Å². The molecule has 5 amide bonds. The van der Waals surface area contributed by atoms with Gasteiger partial charge in [-0.05, 0) is 61.9 Å². The first kappa shape index (κ1) is 26.3. The Balaban J connectivity index is 1.42. The van der Waals surface area contributed by atoms with E-state index in [-0.39, 0.29) is 19.0 Å². The van der Waals surface area contributed by atoms with E-state index in [0.717, 1.165) is 52.7 Å². The summed E-state index contributed by atoms with van der Waals surface area (Å²) in [5.41, 5.74) is 8.63. The Morgan fingerprint density at radius 3 is 2.61 bits per heavy atom. The zero-order chi connectivity index (χ0) is 27.0. The van der Waals surface area contributed by atoms with Gasteiger partial charge in [0.05, 0.1) is 6.54 Å². The van der Waals surface area contributed by atoms with E-state index < -0.39 is 30.3 Å². The van der Waals surface area contributed by atoms with Gasteiger partial charge in [0.15, 0.2) is 6.29 Å². The van der Waals surface area contributed by atoms with Crippen LogP contribution in [-0.2, 0) is 30.6 Å². The van der Waals surface area contributed by atoms with Crippen LogP contribution >= 0.6 is 11.6 Å². The van der Waals surface area contributed by atoms with Crippen molar-refractivity contribution in [3.05, 3.63) is 63.6 Å². The topological polar surface area (TPSA) is 138 Å². The van der Waals surface area contributed by atoms with Gasteiger partial charge in [0.1, 0.15) is 11.5 Å². The Kier molecular flexibility index (Phi) is 7.47. The molecule has 3 atom stereocenters. The maximum atomic E-state index is 13.7. The van der Waals surface area contributed by atoms with Crippen molar-refractivity contribution in [2.24, 2.45) is 11.6 Å². The first-order valence-corrected chi connectivity index (χ1v) is 13.4. The third-order valence-electron chi connectivity index (χ3n) is 7.47. The van der Waals surface area contributed by atoms with E-state index >= 15 is 0 Å². The van der Waals surface area contributed by atoms with Crippen LogP contribution in [0.15, 0.2) is 34.8 Å². The molecule has 202 valence electrons. The van der Waals surface area contributed by atoms with Crippen molar-refractivity contribution in [1.29, 1.82) is 0 Å². The summed E-state index contributed by atoms with van der Waals surface area (Å²) in [5, 5.41) is 5.00. The summed E-state index contributed by atoms with van der Waals surface area (Å²) in [4.78, 5) is 41.0. The number of nitrogens with two attached hydrogens (primary N) is 2. The number of aryl methyl sites for hydroxylation is 1. The third kappa shape index (κ3) is 5.16. The molecular formula is C27H33ClN6O4. The molecule has 1 aromatic heterocycles. The second-order valence-electron chi connectivity index (χ2n) is 10.2. The number of nitrogens with zero attached hydrogens (tertiary/aromatic N) is 3. The SMILES string of the molecule is C[C@@H](CC(N)=O)N1C(=O)N(N)C(NC2C=Cc3oc4c(c3C2)CCCCC4)N(Cc2ccc(Cl)cc2)C1=O. The smallest absolute Gasteiger partial charge is 0.345 e. The predicted octanol–water partition coefficient (Wildman–Crippen LogP) is 3.51. The van der Waals surface area contributed by atoms with Crippen molar-refractivity contribution in [2.75, 3.05) is 0 Å². The molecule has 10 nitrogen and oxygen atoms in total. The fourth-order valence-electron chi connectivity index (χ4n) is 5.56. The van der Waals surface area contributed by atoms with Gasteiger partial charge in [-0.25, -0.2) is 25.3 Å². The van der Waals surface area contributed by atoms with E-state index in [4.69, 9.17) is 27.6 Å². The van der Waals surface area contributed by atoms with Crippen LogP contribution in [0.5, 0.6) is 0 Å². The van der Waals surface area contributed by atoms with Gasteiger partial charge < -0.3 is 10.2 Å². The number of carbonyl (C=O) groups excluding carboxylic acids is 3. The molecule has 38 heavy (non-hydrogen) atoms. The number of hydrogen-bond donors (Lipinski definition) is 3. The Morgan fingerprint density at radius 2 is 1.87 bits per heavy atom. The summed E-state index contributed by atoms with van der Waals surface area (Å²) >= 11 is 6.06. The number of rotatable bonds is 7. The molecular weight excluding hydrogens is 508 g/mol. The molecule has 0 radical (unpaired) electrons. The van der Waals surface area contributed by atoms with Crippen molar-refractivity contribution in [3.8, 4) is 0 Å². The van der Waals surface area contributed by atoms with E-state index in [2.05, 4.69) is 5.32 Å². The number of hydrogen-bond acceptors (Lipinski definition) is 6. The van der Waals surface area contributed by atoms with Gasteiger partial charge in [-0.2, -0.15) is 0 Å². The lowest BCUT2D eigenvalue weighted by atomic mass is 9.94. The molecule has 1 fully saturated rings. The molecule has 2 heterocycles. The van der Waals surface area contributed by atoms with E-state index in [1.165, 1.54) is 22.4 Å². The number of imide groups is 1. The van der Waals surface area contributed by atoms with Crippen molar-refractivity contribution in [3.63, 3.8) is 0 Å². The number of fused-ring (bicyclic) bond motifs is 3. The minimum absolute atomic E-state index is 0.164. The molecule has 0 spiro atoms. The second-order valence-corrected chi connectivity index (χ2v) is 10.7. The molecule has 1 aromatic carbocycles. The van der Waals surface area contributed by atoms with Crippen LogP contribution in [-0.4, -0.2) is 51.2 Å². The zero-order valence-corrected chi connectivity index (χ0v) is 22.1. The van der Waals surface area contributed by atoms with Gasteiger partial charge in [-0.3, -0.25) is 15.0 Å². The van der Waals surface area contributed by atoms with Crippen LogP contribution in [0.4, 0.5) is 9.59 Å². The highest BCUT2D eigenvalue weighted by Gasteiger charge is 2.46. The van der Waals surface area contributed by atoms with Gasteiger partial charge in [-0.1, -0.05) is 36.2 Å². The predicted molar refractivity (Wildman–Crippen MR) is 142 cm³/mol. The maximum Gasteiger partial charge on any atom is 0.345 e. The summed E-state index contributed by atoms with van der Waals surface area (Å²) in [6.45, 7) is 1.76. The van der Waals surface area contributed by atoms with Crippen molar-refractivity contribution >= 4 is 35.6 Å². The average molecular weight is 541 g/mol. The van der Waals surface area contributed by atoms with Gasteiger partial charge in [-0.15, -0.1) is 0 Å². The minimum Gasteiger partial charge on any atom is -0.461 e. The van der Waals surface area contributed by atoms with Crippen LogP contribution in [0.1, 0.15) is 60.8 Å². The number of benzene rings is 1. The summed E-state index contributed by atoms with van der Waals surface area (Å²) in [6.07, 6.45) is 8.91. The highest BCUT2D eigenvalue weighted by molar-refractivity contribution is 6.30. The third-order valence-corrected chi connectivity index (χ3v) is 7.72. The highest BCUT2D eigenvalue weighted by atomic mass is 35.5. The van der Waals surface area contributed by atoms with Crippen LogP contribution in [0.25, 0.3) is 6.08 Å². The Morgan fingerprint density at radius 1 is 1.13 bits per heavy atom. The molecule has 5 rings (SSSR count). The number of furan rings is 1. The number of nitrogens with one attached hydrogen (secondary N) is 1. The summed E-state index contributed by atoms with van der Waals surface area (Å²) in [7, 11) is 0. The maximum absolute atomic E-state index is 13.7. The van der Waals surface area contributed by atoms with Crippen LogP contribution in [0.2, 0.25) is 5.02 Å². The fourth-order valence-corrected chi connectivity index (χ4v) is 5.69. The van der Waals surface area contributed by atoms with Gasteiger partial charge in [0.25, 0.3) is 0 Å². The van der Waals surface area contributed by atoms with Crippen molar-refractivity contribution in [2.45, 2.75) is 76.8 Å². The Labute approximate surface area is 226 Å². The molecule has 5 N–H and O–H groups in total. The quantitative estimate of drug-likeness (QED) is 0.279. The standard InChI is InChI=1S/C27H33ClN6O4/c1-16(13-24(29)35)33-26(36)32(15-17-7-9-18(28)10-8-17)25(34(30)27(33)37)31-19-11-12-23-21(14-19)20-5-3-2-4-6-22(20)38-23/h7-12,16,19,25,31H,2-6,13-15,30H2,1H3,(H2,29,35)/t16-,19?,25?/m0/s1. The van der Waals surface area contributed by atoms with Crippen LogP contribution in [0.3, 0.4) is 0 Å². The molecule has 3 aliphatic rings. The van der Waals surface area contributed by atoms with Crippen LogP contribution < -0.4 is 16.9 Å². The number of halogens is 1. The molecule has 0 bridgehead atoms. The van der Waals surface area contributed by atoms with Gasteiger partial charge in [0.2, 0.25) is 5.91 Å². The number of hydrazine groups is 1. The van der Waals surface area contributed by atoms with Crippen molar-refractivity contribution in [1.82, 2.24) is 20.1 Å². The lowest BCUT2D eigenvalue weighted by Crippen LogP contribution is -2.74. The number of primary amides is 1. The molecule has 1 aliphatic heterocycles. The largest absolute Gasteiger partial charge is 0.461 e. The van der Waals surface area contributed by atoms with E-state index in [1.807, 2.05) is 24.3 Å². The lowest BCUT2D eigenvalue weighted by molar-refractivity contribution is -0.118.